The molecule has 0 aliphatic rings. The van der Waals surface area contributed by atoms with E-state index in [0.29, 0.717) is 6.54 Å². The summed E-state index contributed by atoms with van der Waals surface area (Å²) in [5.41, 5.74) is 0.989. The molecule has 0 radical (unpaired) electrons. The Morgan fingerprint density at radius 3 is 2.32 bits per heavy atom. The van der Waals surface area contributed by atoms with E-state index < -0.39 is 6.10 Å². The molecule has 0 aliphatic carbocycles. The van der Waals surface area contributed by atoms with Gasteiger partial charge >= 0.3 is 0 Å². The highest BCUT2D eigenvalue weighted by molar-refractivity contribution is 6.09. The lowest BCUT2D eigenvalue weighted by molar-refractivity contribution is 0.179. The highest BCUT2D eigenvalue weighted by Crippen LogP contribution is 2.31. The van der Waals surface area contributed by atoms with Gasteiger partial charge in [-0.1, -0.05) is 48.5 Å². The third-order valence-electron chi connectivity index (χ3n) is 3.56. The van der Waals surface area contributed by atoms with Crippen LogP contribution in [0.25, 0.3) is 21.5 Å². The average molecular weight is 251 g/mol. The van der Waals surface area contributed by atoms with Crippen molar-refractivity contribution in [2.24, 2.45) is 0 Å². The van der Waals surface area contributed by atoms with Gasteiger partial charge in [0.25, 0.3) is 0 Å². The van der Waals surface area contributed by atoms with E-state index in [2.05, 4.69) is 41.7 Å². The van der Waals surface area contributed by atoms with E-state index in [0.717, 1.165) is 10.9 Å². The van der Waals surface area contributed by atoms with Gasteiger partial charge in [0, 0.05) is 6.54 Å². The molecule has 3 rings (SSSR count). The van der Waals surface area contributed by atoms with Crippen molar-refractivity contribution >= 4 is 21.5 Å². The van der Waals surface area contributed by atoms with Gasteiger partial charge in [0.2, 0.25) is 0 Å². The number of hydrogen-bond donors (Lipinski definition) is 2. The van der Waals surface area contributed by atoms with Crippen molar-refractivity contribution in [2.45, 2.75) is 6.10 Å². The summed E-state index contributed by atoms with van der Waals surface area (Å²) in [5, 5.41) is 18.1. The summed E-state index contributed by atoms with van der Waals surface area (Å²) in [6, 6.07) is 18.7. The first-order valence-corrected chi connectivity index (χ1v) is 6.54. The molecular formula is C17H17NO. The van der Waals surface area contributed by atoms with E-state index in [1.54, 1.807) is 0 Å². The molecule has 0 heterocycles. The summed E-state index contributed by atoms with van der Waals surface area (Å²) in [7, 11) is 1.85. The molecule has 19 heavy (non-hydrogen) atoms. The van der Waals surface area contributed by atoms with Crippen LogP contribution in [0.1, 0.15) is 11.7 Å². The van der Waals surface area contributed by atoms with Crippen LogP contribution >= 0.6 is 0 Å². The van der Waals surface area contributed by atoms with Crippen LogP contribution in [0.5, 0.6) is 0 Å². The molecule has 0 saturated heterocycles. The van der Waals surface area contributed by atoms with E-state index in [1.165, 1.54) is 16.2 Å². The summed E-state index contributed by atoms with van der Waals surface area (Å²) in [4.78, 5) is 0. The van der Waals surface area contributed by atoms with E-state index in [4.69, 9.17) is 0 Å². The Balaban J connectivity index is 2.35. The lowest BCUT2D eigenvalue weighted by atomic mass is 9.94. The second-order valence-electron chi connectivity index (χ2n) is 4.81. The van der Waals surface area contributed by atoms with Gasteiger partial charge in [-0.2, -0.15) is 0 Å². The van der Waals surface area contributed by atoms with Crippen LogP contribution in [0.3, 0.4) is 0 Å². The summed E-state index contributed by atoms with van der Waals surface area (Å²) in [6.45, 7) is 0.558. The predicted molar refractivity (Wildman–Crippen MR) is 80.3 cm³/mol. The number of benzene rings is 3. The minimum atomic E-state index is -0.487. The molecule has 0 aromatic heterocycles. The molecule has 3 aromatic carbocycles. The van der Waals surface area contributed by atoms with E-state index in [-0.39, 0.29) is 0 Å². The molecule has 2 heteroatoms. The molecule has 3 aromatic rings. The van der Waals surface area contributed by atoms with Gasteiger partial charge in [0.1, 0.15) is 0 Å². The summed E-state index contributed by atoms with van der Waals surface area (Å²) in [6.07, 6.45) is -0.487. The van der Waals surface area contributed by atoms with Crippen LogP contribution in [-0.4, -0.2) is 18.7 Å². The number of hydrogen-bond acceptors (Lipinski definition) is 2. The Hall–Kier alpha value is -1.90. The van der Waals surface area contributed by atoms with E-state index >= 15 is 0 Å². The van der Waals surface area contributed by atoms with Gasteiger partial charge in [-0.05, 0) is 40.2 Å². The van der Waals surface area contributed by atoms with Crippen molar-refractivity contribution in [1.82, 2.24) is 5.32 Å². The predicted octanol–water partition coefficient (Wildman–Crippen LogP) is 3.25. The largest absolute Gasteiger partial charge is 0.387 e. The maximum absolute atomic E-state index is 10.3. The lowest BCUT2D eigenvalue weighted by Gasteiger charge is -2.15. The maximum atomic E-state index is 10.3. The SMILES string of the molecule is CNCC(O)c1cc2ccccc2c2ccccc12. The molecule has 2 nitrogen and oxygen atoms in total. The number of rotatable bonds is 3. The van der Waals surface area contributed by atoms with Gasteiger partial charge < -0.3 is 10.4 Å². The topological polar surface area (TPSA) is 32.3 Å². The van der Waals surface area contributed by atoms with E-state index in [9.17, 15) is 5.11 Å². The zero-order valence-electron chi connectivity index (χ0n) is 10.9. The summed E-state index contributed by atoms with van der Waals surface area (Å²) in [5.74, 6) is 0. The van der Waals surface area contributed by atoms with Crippen molar-refractivity contribution in [3.05, 3.63) is 60.2 Å². The number of aliphatic hydroxyl groups excluding tert-OH is 1. The molecule has 0 amide bonds. The molecule has 0 spiro atoms. The molecule has 0 aliphatic heterocycles. The molecule has 1 atom stereocenters. The Labute approximate surface area is 112 Å². The monoisotopic (exact) mass is 251 g/mol. The molecule has 1 unspecified atom stereocenters. The van der Waals surface area contributed by atoms with Crippen molar-refractivity contribution in [3.8, 4) is 0 Å². The van der Waals surface area contributed by atoms with Gasteiger partial charge in [0.05, 0.1) is 6.10 Å². The highest BCUT2D eigenvalue weighted by Gasteiger charge is 2.12. The van der Waals surface area contributed by atoms with Crippen LogP contribution in [0.2, 0.25) is 0 Å². The molecule has 2 N–H and O–H groups in total. The first kappa shape index (κ1) is 12.2. The fraction of sp³-hybridized carbons (Fsp3) is 0.176. The second kappa shape index (κ2) is 5.00. The lowest BCUT2D eigenvalue weighted by Crippen LogP contribution is -2.16. The minimum absolute atomic E-state index is 0.487. The quantitative estimate of drug-likeness (QED) is 0.700. The van der Waals surface area contributed by atoms with Crippen LogP contribution in [-0.2, 0) is 0 Å². The molecule has 96 valence electrons. The minimum Gasteiger partial charge on any atom is -0.387 e. The average Bonchev–Trinajstić information content (AvgIpc) is 2.46. The van der Waals surface area contributed by atoms with Gasteiger partial charge in [-0.15, -0.1) is 0 Å². The third-order valence-corrected chi connectivity index (χ3v) is 3.56. The standard InChI is InChI=1S/C17H17NO/c1-18-11-17(19)16-10-12-6-2-3-7-13(12)14-8-4-5-9-15(14)16/h2-10,17-19H,11H2,1H3. The number of likely N-dealkylation sites (N-methyl/N-ethyl adjacent to an activating group) is 1. The van der Waals surface area contributed by atoms with Crippen LogP contribution in [0, 0.1) is 0 Å². The van der Waals surface area contributed by atoms with Gasteiger partial charge in [0.15, 0.2) is 0 Å². The normalized spacial score (nSPS) is 12.9. The Morgan fingerprint density at radius 1 is 0.947 bits per heavy atom. The Bertz CT molecular complexity index is 721. The van der Waals surface area contributed by atoms with Crippen LogP contribution in [0.4, 0.5) is 0 Å². The van der Waals surface area contributed by atoms with Gasteiger partial charge in [-0.25, -0.2) is 0 Å². The van der Waals surface area contributed by atoms with Crippen LogP contribution < -0.4 is 5.32 Å². The molecule has 0 saturated carbocycles. The Kier molecular flexibility index (Phi) is 3.20. The zero-order chi connectivity index (χ0) is 13.2. The fourth-order valence-corrected chi connectivity index (χ4v) is 2.66. The molecular weight excluding hydrogens is 234 g/mol. The summed E-state index contributed by atoms with van der Waals surface area (Å²) >= 11 is 0. The van der Waals surface area contributed by atoms with E-state index in [1.807, 2.05) is 25.2 Å². The summed E-state index contributed by atoms with van der Waals surface area (Å²) < 4.78 is 0. The Morgan fingerprint density at radius 2 is 1.58 bits per heavy atom. The smallest absolute Gasteiger partial charge is 0.0920 e. The molecule has 0 bridgehead atoms. The first-order chi connectivity index (χ1) is 9.31. The number of aliphatic hydroxyl groups is 1. The third kappa shape index (κ3) is 2.09. The van der Waals surface area contributed by atoms with Crippen molar-refractivity contribution < 1.29 is 5.11 Å². The highest BCUT2D eigenvalue weighted by atomic mass is 16.3. The van der Waals surface area contributed by atoms with Crippen molar-refractivity contribution in [2.75, 3.05) is 13.6 Å². The second-order valence-corrected chi connectivity index (χ2v) is 4.81. The van der Waals surface area contributed by atoms with Crippen molar-refractivity contribution in [1.29, 1.82) is 0 Å². The first-order valence-electron chi connectivity index (χ1n) is 6.54. The van der Waals surface area contributed by atoms with Crippen molar-refractivity contribution in [3.63, 3.8) is 0 Å². The maximum Gasteiger partial charge on any atom is 0.0920 e. The van der Waals surface area contributed by atoms with Crippen LogP contribution in [0.15, 0.2) is 54.6 Å². The molecule has 0 fully saturated rings. The number of fused-ring (bicyclic) bond motifs is 3. The fourth-order valence-electron chi connectivity index (χ4n) is 2.66. The number of nitrogens with one attached hydrogen (secondary N) is 1. The van der Waals surface area contributed by atoms with Gasteiger partial charge in [-0.3, -0.25) is 0 Å². The zero-order valence-corrected chi connectivity index (χ0v) is 10.9.